The highest BCUT2D eigenvalue weighted by Gasteiger charge is 2.03. The number of nitrogens with two attached hydrogens (primary N) is 1. The molecule has 2 rings (SSSR count). The minimum atomic E-state index is 0.245. The van der Waals surface area contributed by atoms with Crippen LogP contribution in [0.25, 0.3) is 0 Å². The smallest absolute Gasteiger partial charge is 0.263 e. The predicted octanol–water partition coefficient (Wildman–Crippen LogP) is 0.733. The third kappa shape index (κ3) is 1.91. The molecule has 0 radical (unpaired) electrons. The molecule has 3 N–H and O–H groups in total. The monoisotopic (exact) mass is 194 g/mol. The van der Waals surface area contributed by atoms with Crippen LogP contribution in [0.4, 0.5) is 5.95 Å². The van der Waals surface area contributed by atoms with Gasteiger partial charge in [0.15, 0.2) is 0 Å². The van der Waals surface area contributed by atoms with Crippen molar-refractivity contribution in [2.75, 3.05) is 5.32 Å². The molecule has 0 saturated heterocycles. The molecule has 0 aliphatic heterocycles. The molecule has 2 heterocycles. The van der Waals surface area contributed by atoms with Crippen LogP contribution in [0.5, 0.6) is 0 Å². The van der Waals surface area contributed by atoms with E-state index in [4.69, 9.17) is 14.7 Å². The minimum Gasteiger partial charge on any atom is -0.467 e. The van der Waals surface area contributed by atoms with Crippen molar-refractivity contribution in [2.45, 2.75) is 13.1 Å². The van der Waals surface area contributed by atoms with Gasteiger partial charge in [-0.1, -0.05) is 0 Å². The second-order valence-corrected chi connectivity index (χ2v) is 2.65. The zero-order valence-corrected chi connectivity index (χ0v) is 7.43. The van der Waals surface area contributed by atoms with E-state index in [1.54, 1.807) is 6.26 Å². The number of hydrogen-bond donors (Lipinski definition) is 2. The lowest BCUT2D eigenvalue weighted by Crippen LogP contribution is -2.00. The number of nitrogens with zero attached hydrogens (tertiary/aromatic N) is 2. The van der Waals surface area contributed by atoms with E-state index in [1.807, 2.05) is 12.1 Å². The molecule has 14 heavy (non-hydrogen) atoms. The van der Waals surface area contributed by atoms with Crippen LogP contribution in [-0.2, 0) is 13.1 Å². The van der Waals surface area contributed by atoms with E-state index in [0.717, 1.165) is 5.76 Å². The van der Waals surface area contributed by atoms with Gasteiger partial charge in [-0.25, -0.2) is 0 Å². The molecular formula is C8H10N4O2. The molecule has 0 aliphatic rings. The fourth-order valence-corrected chi connectivity index (χ4v) is 0.989. The van der Waals surface area contributed by atoms with E-state index < -0.39 is 0 Å². The van der Waals surface area contributed by atoms with Gasteiger partial charge in [0.2, 0.25) is 5.89 Å². The first-order chi connectivity index (χ1) is 6.88. The molecule has 0 amide bonds. The van der Waals surface area contributed by atoms with Gasteiger partial charge in [0.05, 0.1) is 19.4 Å². The Morgan fingerprint density at radius 1 is 1.50 bits per heavy atom. The second-order valence-electron chi connectivity index (χ2n) is 2.65. The first-order valence-electron chi connectivity index (χ1n) is 4.17. The van der Waals surface area contributed by atoms with Crippen LogP contribution in [0.1, 0.15) is 11.7 Å². The lowest BCUT2D eigenvalue weighted by atomic mass is 10.4. The van der Waals surface area contributed by atoms with Crippen LogP contribution in [0, 0.1) is 0 Å². The van der Waals surface area contributed by atoms with Gasteiger partial charge in [0.25, 0.3) is 5.95 Å². The van der Waals surface area contributed by atoms with Gasteiger partial charge in [-0.05, 0) is 17.3 Å². The topological polar surface area (TPSA) is 90.1 Å². The van der Waals surface area contributed by atoms with Crippen LogP contribution in [0.3, 0.4) is 0 Å². The summed E-state index contributed by atoms with van der Waals surface area (Å²) in [6.07, 6.45) is 1.61. The van der Waals surface area contributed by atoms with Crippen LogP contribution in [0.2, 0.25) is 0 Å². The van der Waals surface area contributed by atoms with Gasteiger partial charge in [-0.3, -0.25) is 0 Å². The molecule has 0 unspecified atom stereocenters. The molecule has 0 saturated carbocycles. The summed E-state index contributed by atoms with van der Waals surface area (Å²) in [5, 5.41) is 6.60. The first kappa shape index (κ1) is 8.76. The van der Waals surface area contributed by atoms with Crippen LogP contribution in [-0.4, -0.2) is 10.1 Å². The molecule has 0 atom stereocenters. The SMILES string of the molecule is NCc1nc(NCc2ccco2)no1. The van der Waals surface area contributed by atoms with Gasteiger partial charge >= 0.3 is 0 Å². The van der Waals surface area contributed by atoms with Crippen molar-refractivity contribution in [1.82, 2.24) is 10.1 Å². The summed E-state index contributed by atoms with van der Waals surface area (Å²) in [7, 11) is 0. The molecule has 0 aliphatic carbocycles. The summed E-state index contributed by atoms with van der Waals surface area (Å²) in [5.41, 5.74) is 5.31. The summed E-state index contributed by atoms with van der Waals surface area (Å²) >= 11 is 0. The molecule has 0 fully saturated rings. The van der Waals surface area contributed by atoms with Gasteiger partial charge in [-0.2, -0.15) is 4.98 Å². The molecule has 0 spiro atoms. The highest BCUT2D eigenvalue weighted by atomic mass is 16.5. The summed E-state index contributed by atoms with van der Waals surface area (Å²) in [6.45, 7) is 0.770. The predicted molar refractivity (Wildman–Crippen MR) is 48.2 cm³/mol. The molecule has 0 bridgehead atoms. The van der Waals surface area contributed by atoms with Crippen molar-refractivity contribution >= 4 is 5.95 Å². The Hall–Kier alpha value is -1.82. The Labute approximate surface area is 80.1 Å². The average Bonchev–Trinajstić information content (AvgIpc) is 2.86. The van der Waals surface area contributed by atoms with Gasteiger partial charge in [0, 0.05) is 0 Å². The van der Waals surface area contributed by atoms with Crippen molar-refractivity contribution in [2.24, 2.45) is 5.73 Å². The lowest BCUT2D eigenvalue weighted by Gasteiger charge is -1.95. The van der Waals surface area contributed by atoms with E-state index in [-0.39, 0.29) is 6.54 Å². The number of aromatic nitrogens is 2. The second kappa shape index (κ2) is 3.93. The Morgan fingerprint density at radius 3 is 3.07 bits per heavy atom. The van der Waals surface area contributed by atoms with Gasteiger partial charge < -0.3 is 20.0 Å². The number of anilines is 1. The zero-order valence-electron chi connectivity index (χ0n) is 7.43. The average molecular weight is 194 g/mol. The van der Waals surface area contributed by atoms with Crippen molar-refractivity contribution in [3.8, 4) is 0 Å². The summed E-state index contributed by atoms with van der Waals surface area (Å²) in [4.78, 5) is 3.97. The third-order valence-electron chi connectivity index (χ3n) is 1.64. The Morgan fingerprint density at radius 2 is 2.43 bits per heavy atom. The largest absolute Gasteiger partial charge is 0.467 e. The maximum atomic E-state index is 5.31. The van der Waals surface area contributed by atoms with Crippen LogP contribution >= 0.6 is 0 Å². The molecule has 6 nitrogen and oxygen atoms in total. The summed E-state index contributed by atoms with van der Waals surface area (Å²) in [5.74, 6) is 1.64. The van der Waals surface area contributed by atoms with E-state index in [1.165, 1.54) is 0 Å². The number of furan rings is 1. The third-order valence-corrected chi connectivity index (χ3v) is 1.64. The van der Waals surface area contributed by atoms with Gasteiger partial charge in [0.1, 0.15) is 5.76 Å². The highest BCUT2D eigenvalue weighted by molar-refractivity contribution is 5.22. The summed E-state index contributed by atoms with van der Waals surface area (Å²) in [6, 6.07) is 3.68. The normalized spacial score (nSPS) is 10.4. The number of hydrogen-bond acceptors (Lipinski definition) is 6. The van der Waals surface area contributed by atoms with E-state index in [0.29, 0.717) is 18.4 Å². The quantitative estimate of drug-likeness (QED) is 0.745. The molecule has 2 aromatic heterocycles. The van der Waals surface area contributed by atoms with Crippen LogP contribution < -0.4 is 11.1 Å². The molecule has 74 valence electrons. The van der Waals surface area contributed by atoms with E-state index in [9.17, 15) is 0 Å². The van der Waals surface area contributed by atoms with Crippen LogP contribution in [0.15, 0.2) is 27.3 Å². The number of nitrogens with one attached hydrogen (secondary N) is 1. The van der Waals surface area contributed by atoms with Gasteiger partial charge in [-0.15, -0.1) is 0 Å². The van der Waals surface area contributed by atoms with E-state index >= 15 is 0 Å². The van der Waals surface area contributed by atoms with Crippen molar-refractivity contribution in [1.29, 1.82) is 0 Å². The van der Waals surface area contributed by atoms with E-state index in [2.05, 4.69) is 15.5 Å². The Balaban J connectivity index is 1.92. The lowest BCUT2D eigenvalue weighted by molar-refractivity contribution is 0.380. The van der Waals surface area contributed by atoms with Crippen molar-refractivity contribution in [3.05, 3.63) is 30.0 Å². The maximum absolute atomic E-state index is 5.31. The standard InChI is InChI=1S/C8H10N4O2/c9-4-7-11-8(12-14-7)10-5-6-2-1-3-13-6/h1-3H,4-5,9H2,(H,10,12). The first-order valence-corrected chi connectivity index (χ1v) is 4.17. The van der Waals surface area contributed by atoms with Crippen molar-refractivity contribution in [3.63, 3.8) is 0 Å². The van der Waals surface area contributed by atoms with Crippen molar-refractivity contribution < 1.29 is 8.94 Å². The molecule has 0 aromatic carbocycles. The minimum absolute atomic E-state index is 0.245. The maximum Gasteiger partial charge on any atom is 0.263 e. The number of rotatable bonds is 4. The molecule has 6 heteroatoms. The fourth-order valence-electron chi connectivity index (χ4n) is 0.989. The zero-order chi connectivity index (χ0) is 9.80. The molecular weight excluding hydrogens is 184 g/mol. The highest BCUT2D eigenvalue weighted by Crippen LogP contribution is 2.05. The Bertz CT molecular complexity index is 382. The molecule has 2 aromatic rings. The summed E-state index contributed by atoms with van der Waals surface area (Å²) < 4.78 is 9.92. The Kier molecular flexibility index (Phi) is 2.46. The fraction of sp³-hybridized carbons (Fsp3) is 0.250.